The van der Waals surface area contributed by atoms with Gasteiger partial charge in [0.05, 0.1) is 6.54 Å². The Morgan fingerprint density at radius 1 is 0.891 bits per heavy atom. The third kappa shape index (κ3) is 5.31. The quantitative estimate of drug-likeness (QED) is 0.183. The van der Waals surface area contributed by atoms with Crippen LogP contribution in [0, 0.1) is 12.8 Å². The molecule has 7 rings (SSSR count). The number of carbonyl (C=O) groups is 1. The van der Waals surface area contributed by atoms with Crippen LogP contribution in [0.3, 0.4) is 0 Å². The lowest BCUT2D eigenvalue weighted by Gasteiger charge is -2.28. The number of fused-ring (bicyclic) bond motifs is 4. The van der Waals surface area contributed by atoms with Crippen molar-refractivity contribution in [1.29, 1.82) is 0 Å². The number of amides is 1. The van der Waals surface area contributed by atoms with E-state index in [-0.39, 0.29) is 30.5 Å². The number of pyridine rings is 1. The maximum Gasteiger partial charge on any atom is 0.407 e. The summed E-state index contributed by atoms with van der Waals surface area (Å²) in [7, 11) is 0. The molecule has 6 nitrogen and oxygen atoms in total. The minimum absolute atomic E-state index is 0.0683. The highest BCUT2D eigenvalue weighted by Gasteiger charge is 2.32. The molecule has 0 spiro atoms. The van der Waals surface area contributed by atoms with E-state index in [4.69, 9.17) is 4.98 Å². The van der Waals surface area contributed by atoms with Crippen molar-refractivity contribution in [2.24, 2.45) is 5.92 Å². The molecule has 1 amide bonds. The van der Waals surface area contributed by atoms with E-state index in [1.165, 1.54) is 4.90 Å². The smallest absolute Gasteiger partial charge is 0.407 e. The van der Waals surface area contributed by atoms with E-state index in [1.54, 1.807) is 11.3 Å². The van der Waals surface area contributed by atoms with Crippen molar-refractivity contribution >= 4 is 28.2 Å². The lowest BCUT2D eigenvalue weighted by atomic mass is 9.94. The third-order valence-electron chi connectivity index (χ3n) is 8.83. The SMILES string of the molecule is Cc1csc(-c2ccc3c(=O)n(CC(C)C)c(CN(CC4c5ccccc5-c5ccccc54)C(=O)O)c(-c4ccccc4)c3c2)n1. The van der Waals surface area contributed by atoms with Gasteiger partial charge in [-0.15, -0.1) is 11.3 Å². The summed E-state index contributed by atoms with van der Waals surface area (Å²) in [6.07, 6.45) is -1.02. The number of thiazole rings is 1. The molecule has 0 radical (unpaired) electrons. The van der Waals surface area contributed by atoms with Gasteiger partial charge in [-0.1, -0.05) is 98.8 Å². The Balaban J connectivity index is 1.43. The van der Waals surface area contributed by atoms with Crippen molar-refractivity contribution in [1.82, 2.24) is 14.5 Å². The number of aromatic nitrogens is 2. The van der Waals surface area contributed by atoms with E-state index in [1.807, 2.05) is 83.6 Å². The Kier molecular flexibility index (Phi) is 7.79. The molecular weight excluding hydrogens is 591 g/mol. The van der Waals surface area contributed by atoms with E-state index < -0.39 is 6.09 Å². The molecule has 0 saturated heterocycles. The number of hydrogen-bond donors (Lipinski definition) is 1. The molecule has 0 saturated carbocycles. The average Bonchev–Trinajstić information content (AvgIpc) is 3.64. The van der Waals surface area contributed by atoms with Crippen LogP contribution >= 0.6 is 11.3 Å². The van der Waals surface area contributed by atoms with E-state index in [0.717, 1.165) is 55.0 Å². The van der Waals surface area contributed by atoms with Gasteiger partial charge in [-0.05, 0) is 58.2 Å². The van der Waals surface area contributed by atoms with Crippen LogP contribution in [-0.4, -0.2) is 32.2 Å². The van der Waals surface area contributed by atoms with Crippen LogP contribution in [0.5, 0.6) is 0 Å². The molecule has 2 aromatic heterocycles. The maximum absolute atomic E-state index is 14.3. The van der Waals surface area contributed by atoms with Crippen LogP contribution in [0.2, 0.25) is 0 Å². The molecule has 0 fully saturated rings. The molecule has 4 aromatic carbocycles. The summed E-state index contributed by atoms with van der Waals surface area (Å²) in [4.78, 5) is 33.6. The first-order chi connectivity index (χ1) is 22.3. The number of hydrogen-bond acceptors (Lipinski definition) is 4. The monoisotopic (exact) mass is 625 g/mol. The van der Waals surface area contributed by atoms with Crippen molar-refractivity contribution in [3.8, 4) is 32.8 Å². The zero-order valence-electron chi connectivity index (χ0n) is 26.1. The normalized spacial score (nSPS) is 12.4. The summed E-state index contributed by atoms with van der Waals surface area (Å²) in [5.41, 5.74) is 8.83. The highest BCUT2D eigenvalue weighted by Crippen LogP contribution is 2.45. The number of benzene rings is 4. The molecule has 0 unspecified atom stereocenters. The van der Waals surface area contributed by atoms with Crippen LogP contribution in [0.25, 0.3) is 43.6 Å². The average molecular weight is 626 g/mol. The molecule has 0 aliphatic heterocycles. The van der Waals surface area contributed by atoms with Gasteiger partial charge in [0.25, 0.3) is 5.56 Å². The minimum atomic E-state index is -1.02. The highest BCUT2D eigenvalue weighted by atomic mass is 32.1. The molecule has 6 aromatic rings. The molecule has 1 aliphatic rings. The van der Waals surface area contributed by atoms with Crippen molar-refractivity contribution in [3.63, 3.8) is 0 Å². The van der Waals surface area contributed by atoms with Gasteiger partial charge < -0.3 is 14.6 Å². The molecule has 1 aliphatic carbocycles. The second kappa shape index (κ2) is 12.1. The maximum atomic E-state index is 14.3. The van der Waals surface area contributed by atoms with Crippen LogP contribution in [-0.2, 0) is 13.1 Å². The van der Waals surface area contributed by atoms with E-state index in [0.29, 0.717) is 17.6 Å². The van der Waals surface area contributed by atoms with Crippen molar-refractivity contribution < 1.29 is 9.90 Å². The zero-order valence-corrected chi connectivity index (χ0v) is 26.9. The number of carboxylic acid groups (broad SMARTS) is 1. The van der Waals surface area contributed by atoms with Gasteiger partial charge in [0, 0.05) is 52.3 Å². The number of aryl methyl sites for hydroxylation is 1. The Labute approximate surface area is 272 Å². The van der Waals surface area contributed by atoms with Crippen molar-refractivity contribution in [2.45, 2.75) is 39.8 Å². The number of nitrogens with zero attached hydrogens (tertiary/aromatic N) is 3. The summed E-state index contributed by atoms with van der Waals surface area (Å²) < 4.78 is 1.81. The van der Waals surface area contributed by atoms with E-state index >= 15 is 0 Å². The first-order valence-corrected chi connectivity index (χ1v) is 16.5. The standard InChI is InChI=1S/C39H35N3O3S/c1-24(2)20-42-35(22-41(39(44)45)21-34-30-15-9-7-13-28(30)29-14-8-10-16-31(29)34)36(26-11-5-4-6-12-26)33-19-27(17-18-32(33)38(42)43)37-40-25(3)23-46-37/h4-19,23-24,34H,20-22H2,1-3H3,(H,44,45). The second-order valence-corrected chi connectivity index (χ2v) is 13.3. The van der Waals surface area contributed by atoms with E-state index in [9.17, 15) is 14.7 Å². The fourth-order valence-electron chi connectivity index (χ4n) is 6.83. The summed E-state index contributed by atoms with van der Waals surface area (Å²) in [6, 6.07) is 32.4. The summed E-state index contributed by atoms with van der Waals surface area (Å²) in [5, 5.41) is 15.1. The fraction of sp³-hybridized carbons (Fsp3) is 0.205. The largest absolute Gasteiger partial charge is 0.465 e. The predicted molar refractivity (Wildman–Crippen MR) is 186 cm³/mol. The summed E-state index contributed by atoms with van der Waals surface area (Å²) in [5.74, 6) is 0.0519. The molecule has 0 atom stereocenters. The topological polar surface area (TPSA) is 75.4 Å². The van der Waals surface area contributed by atoms with Crippen LogP contribution in [0.1, 0.15) is 42.3 Å². The van der Waals surface area contributed by atoms with Gasteiger partial charge in [-0.25, -0.2) is 9.78 Å². The fourth-order valence-corrected chi connectivity index (χ4v) is 7.63. The summed E-state index contributed by atoms with van der Waals surface area (Å²) >= 11 is 1.57. The Hall–Kier alpha value is -5.01. The Bertz CT molecular complexity index is 2100. The minimum Gasteiger partial charge on any atom is -0.465 e. The van der Waals surface area contributed by atoms with Crippen LogP contribution < -0.4 is 5.56 Å². The van der Waals surface area contributed by atoms with E-state index in [2.05, 4.69) is 44.2 Å². The molecular formula is C39H35N3O3S. The molecule has 230 valence electrons. The van der Waals surface area contributed by atoms with Gasteiger partial charge >= 0.3 is 6.09 Å². The predicted octanol–water partition coefficient (Wildman–Crippen LogP) is 9.05. The van der Waals surface area contributed by atoms with Gasteiger partial charge in [0.1, 0.15) is 5.01 Å². The van der Waals surface area contributed by atoms with Gasteiger partial charge in [0.2, 0.25) is 0 Å². The molecule has 7 heteroatoms. The molecule has 2 heterocycles. The lowest BCUT2D eigenvalue weighted by Crippen LogP contribution is -2.36. The molecule has 0 bridgehead atoms. The van der Waals surface area contributed by atoms with Crippen molar-refractivity contribution in [2.75, 3.05) is 6.54 Å². The van der Waals surface area contributed by atoms with Crippen LogP contribution in [0.15, 0.2) is 107 Å². The lowest BCUT2D eigenvalue weighted by molar-refractivity contribution is 0.139. The van der Waals surface area contributed by atoms with Crippen LogP contribution in [0.4, 0.5) is 4.79 Å². The van der Waals surface area contributed by atoms with Gasteiger partial charge in [-0.3, -0.25) is 4.79 Å². The highest BCUT2D eigenvalue weighted by molar-refractivity contribution is 7.13. The molecule has 1 N–H and O–H groups in total. The summed E-state index contributed by atoms with van der Waals surface area (Å²) in [6.45, 7) is 6.94. The van der Waals surface area contributed by atoms with Gasteiger partial charge in [0.15, 0.2) is 0 Å². The Morgan fingerprint density at radius 3 is 2.15 bits per heavy atom. The Morgan fingerprint density at radius 2 is 1.54 bits per heavy atom. The zero-order chi connectivity index (χ0) is 31.9. The molecule has 46 heavy (non-hydrogen) atoms. The van der Waals surface area contributed by atoms with Gasteiger partial charge in [-0.2, -0.15) is 0 Å². The number of rotatable bonds is 8. The third-order valence-corrected chi connectivity index (χ3v) is 9.84. The second-order valence-electron chi connectivity index (χ2n) is 12.4. The van der Waals surface area contributed by atoms with Crippen molar-refractivity contribution in [3.05, 3.63) is 135 Å². The first-order valence-electron chi connectivity index (χ1n) is 15.6. The first kappa shape index (κ1) is 29.7.